The van der Waals surface area contributed by atoms with E-state index in [2.05, 4.69) is 10.1 Å². The van der Waals surface area contributed by atoms with E-state index in [1.807, 2.05) is 48.5 Å². The van der Waals surface area contributed by atoms with Crippen LogP contribution in [0.15, 0.2) is 54.6 Å². The molecule has 0 aliphatic carbocycles. The number of esters is 1. The molecule has 0 fully saturated rings. The summed E-state index contributed by atoms with van der Waals surface area (Å²) in [6.45, 7) is 0. The molecule has 0 heterocycles. The van der Waals surface area contributed by atoms with Gasteiger partial charge < -0.3 is 10.1 Å². The maximum absolute atomic E-state index is 12.3. The van der Waals surface area contributed by atoms with E-state index in [0.717, 1.165) is 23.8 Å². The topological polar surface area (TPSA) is 110 Å². The predicted octanol–water partition coefficient (Wildman–Crippen LogP) is 1.83. The lowest BCUT2D eigenvalue weighted by Crippen LogP contribution is -2.43. The lowest BCUT2D eigenvalue weighted by molar-refractivity contribution is -0.145. The van der Waals surface area contributed by atoms with Gasteiger partial charge in [-0.05, 0) is 23.1 Å². The third kappa shape index (κ3) is 6.84. The van der Waals surface area contributed by atoms with Crippen LogP contribution in [0.5, 0.6) is 0 Å². The van der Waals surface area contributed by atoms with Crippen LogP contribution in [0.3, 0.4) is 0 Å². The average Bonchev–Trinajstić information content (AvgIpc) is 2.64. The van der Waals surface area contributed by atoms with Gasteiger partial charge in [-0.2, -0.15) is 8.42 Å². The van der Waals surface area contributed by atoms with Crippen molar-refractivity contribution in [3.8, 4) is 11.1 Å². The summed E-state index contributed by atoms with van der Waals surface area (Å²) in [5, 5.41) is 2.46. The van der Waals surface area contributed by atoms with Crippen molar-refractivity contribution >= 4 is 22.0 Å². The minimum atomic E-state index is -4.25. The van der Waals surface area contributed by atoms with Gasteiger partial charge in [0.05, 0.1) is 19.3 Å². The van der Waals surface area contributed by atoms with E-state index in [0.29, 0.717) is 0 Å². The van der Waals surface area contributed by atoms with Gasteiger partial charge in [0.2, 0.25) is 5.91 Å². The van der Waals surface area contributed by atoms with Gasteiger partial charge in [-0.15, -0.1) is 0 Å². The summed E-state index contributed by atoms with van der Waals surface area (Å²) >= 11 is 0. The van der Waals surface area contributed by atoms with E-state index < -0.39 is 33.8 Å². The second-order valence-corrected chi connectivity index (χ2v) is 7.53. The number of rotatable bonds is 8. The number of carbonyl (C=O) groups excluding carboxylic acids is 2. The lowest BCUT2D eigenvalue weighted by atomic mass is 10.0. The number of carbonyl (C=O) groups is 2. The van der Waals surface area contributed by atoms with E-state index in [-0.39, 0.29) is 12.8 Å². The second kappa shape index (κ2) is 9.29. The van der Waals surface area contributed by atoms with E-state index in [4.69, 9.17) is 4.55 Å². The molecule has 0 aliphatic heterocycles. The molecule has 0 bridgehead atoms. The number of ether oxygens (including phenoxy) is 1. The van der Waals surface area contributed by atoms with Crippen molar-refractivity contribution in [1.29, 1.82) is 0 Å². The fourth-order valence-corrected chi connectivity index (χ4v) is 3.11. The molecule has 2 rings (SSSR count). The van der Waals surface area contributed by atoms with Gasteiger partial charge in [0, 0.05) is 0 Å². The van der Waals surface area contributed by atoms with Crippen molar-refractivity contribution in [2.45, 2.75) is 18.9 Å². The van der Waals surface area contributed by atoms with Gasteiger partial charge in [0.25, 0.3) is 10.1 Å². The summed E-state index contributed by atoms with van der Waals surface area (Å²) in [6, 6.07) is 16.0. The van der Waals surface area contributed by atoms with Crippen molar-refractivity contribution in [1.82, 2.24) is 5.32 Å². The molecular formula is C19H21NO6S. The molecule has 2 aromatic carbocycles. The average molecular weight is 391 g/mol. The van der Waals surface area contributed by atoms with Gasteiger partial charge >= 0.3 is 5.97 Å². The number of nitrogens with one attached hydrogen (secondary N) is 1. The molecule has 0 unspecified atom stereocenters. The van der Waals surface area contributed by atoms with E-state index in [9.17, 15) is 18.0 Å². The molecule has 0 spiro atoms. The van der Waals surface area contributed by atoms with Crippen LogP contribution in [0.25, 0.3) is 11.1 Å². The summed E-state index contributed by atoms with van der Waals surface area (Å²) < 4.78 is 35.2. The van der Waals surface area contributed by atoms with Crippen LogP contribution in [-0.4, -0.2) is 43.8 Å². The Balaban J connectivity index is 2.05. The Morgan fingerprint density at radius 3 is 2.37 bits per heavy atom. The van der Waals surface area contributed by atoms with Crippen molar-refractivity contribution in [2.24, 2.45) is 0 Å². The van der Waals surface area contributed by atoms with E-state index in [1.54, 1.807) is 6.07 Å². The van der Waals surface area contributed by atoms with Gasteiger partial charge in [0.1, 0.15) is 6.04 Å². The zero-order valence-corrected chi connectivity index (χ0v) is 15.6. The third-order valence-corrected chi connectivity index (χ3v) is 4.64. The maximum Gasteiger partial charge on any atom is 0.328 e. The molecule has 8 heteroatoms. The molecule has 0 radical (unpaired) electrons. The van der Waals surface area contributed by atoms with Crippen molar-refractivity contribution in [3.63, 3.8) is 0 Å². The normalized spacial score (nSPS) is 12.2. The minimum absolute atomic E-state index is 0.0139. The molecule has 7 nitrogen and oxygen atoms in total. The molecule has 1 atom stereocenters. The third-order valence-electron chi connectivity index (χ3n) is 3.88. The standard InChI is InChI=1S/C19H21NO6S/c1-26-19(22)17(10-11-27(23,24)25)20-18(21)13-14-6-5-9-16(12-14)15-7-3-2-4-8-15/h2-9,12,17H,10-11,13H2,1H3,(H,20,21)(H,23,24,25)/t17-/m0/s1. The fourth-order valence-electron chi connectivity index (χ4n) is 2.58. The van der Waals surface area contributed by atoms with Crippen LogP contribution in [0.4, 0.5) is 0 Å². The zero-order valence-electron chi connectivity index (χ0n) is 14.8. The molecule has 0 saturated heterocycles. The smallest absolute Gasteiger partial charge is 0.328 e. The van der Waals surface area contributed by atoms with Gasteiger partial charge in [-0.3, -0.25) is 9.35 Å². The first-order chi connectivity index (χ1) is 12.8. The maximum atomic E-state index is 12.3. The Labute approximate surface area is 158 Å². The van der Waals surface area contributed by atoms with Crippen LogP contribution >= 0.6 is 0 Å². The molecule has 0 saturated carbocycles. The van der Waals surface area contributed by atoms with Crippen molar-refractivity contribution < 1.29 is 27.3 Å². The lowest BCUT2D eigenvalue weighted by Gasteiger charge is -2.16. The predicted molar refractivity (Wildman–Crippen MR) is 101 cm³/mol. The van der Waals surface area contributed by atoms with Crippen LogP contribution in [-0.2, 0) is 30.9 Å². The number of benzene rings is 2. The Kier molecular flexibility index (Phi) is 7.09. The number of hydrogen-bond acceptors (Lipinski definition) is 5. The highest BCUT2D eigenvalue weighted by molar-refractivity contribution is 7.85. The van der Waals surface area contributed by atoms with Crippen LogP contribution < -0.4 is 5.32 Å². The highest BCUT2D eigenvalue weighted by atomic mass is 32.2. The van der Waals surface area contributed by atoms with Crippen molar-refractivity contribution in [2.75, 3.05) is 12.9 Å². The SMILES string of the molecule is COC(=O)[C@H](CCS(=O)(=O)O)NC(=O)Cc1cccc(-c2ccccc2)c1. The first-order valence-corrected chi connectivity index (χ1v) is 9.86. The summed E-state index contributed by atoms with van der Waals surface area (Å²) in [5.41, 5.74) is 2.71. The quantitative estimate of drug-likeness (QED) is 0.525. The molecule has 1 amide bonds. The largest absolute Gasteiger partial charge is 0.467 e. The molecule has 27 heavy (non-hydrogen) atoms. The monoisotopic (exact) mass is 391 g/mol. The van der Waals surface area contributed by atoms with Gasteiger partial charge in [-0.25, -0.2) is 4.79 Å². The summed E-state index contributed by atoms with van der Waals surface area (Å²) in [5.74, 6) is -1.88. The van der Waals surface area contributed by atoms with Gasteiger partial charge in [0.15, 0.2) is 0 Å². The van der Waals surface area contributed by atoms with Crippen LogP contribution in [0.1, 0.15) is 12.0 Å². The first-order valence-electron chi connectivity index (χ1n) is 8.25. The Morgan fingerprint density at radius 2 is 1.74 bits per heavy atom. The summed E-state index contributed by atoms with van der Waals surface area (Å²) in [7, 11) is -3.11. The highest BCUT2D eigenvalue weighted by Gasteiger charge is 2.23. The molecule has 0 aromatic heterocycles. The number of hydrogen-bond donors (Lipinski definition) is 2. The molecule has 2 aromatic rings. The van der Waals surface area contributed by atoms with Gasteiger partial charge in [-0.1, -0.05) is 54.6 Å². The van der Waals surface area contributed by atoms with Crippen LogP contribution in [0, 0.1) is 0 Å². The Bertz CT molecular complexity index is 895. The van der Waals surface area contributed by atoms with Crippen molar-refractivity contribution in [3.05, 3.63) is 60.2 Å². The Morgan fingerprint density at radius 1 is 1.07 bits per heavy atom. The zero-order chi connectivity index (χ0) is 19.9. The molecule has 144 valence electrons. The minimum Gasteiger partial charge on any atom is -0.467 e. The first kappa shape index (κ1) is 20.6. The molecule has 0 aliphatic rings. The van der Waals surface area contributed by atoms with Crippen LogP contribution in [0.2, 0.25) is 0 Å². The summed E-state index contributed by atoms with van der Waals surface area (Å²) in [4.78, 5) is 24.0. The van der Waals surface area contributed by atoms with E-state index >= 15 is 0 Å². The summed E-state index contributed by atoms with van der Waals surface area (Å²) in [6.07, 6.45) is -0.263. The fraction of sp³-hybridized carbons (Fsp3) is 0.263. The Hall–Kier alpha value is -2.71. The number of amides is 1. The molecular weight excluding hydrogens is 370 g/mol. The second-order valence-electron chi connectivity index (χ2n) is 5.96. The molecule has 2 N–H and O–H groups in total. The highest BCUT2D eigenvalue weighted by Crippen LogP contribution is 2.20. The van der Waals surface area contributed by atoms with E-state index in [1.165, 1.54) is 0 Å². The number of methoxy groups -OCH3 is 1.